The fraction of sp³-hybridized carbons (Fsp3) is 0.438. The Hall–Kier alpha value is -3.17. The standard InChI is InChI=1S/C16H20N4O6/c1-17-14(21)8-19(2)15(22)9-26-16(23)10-3-6-12(18-11-4-5-11)13(7-10)20(24)25/h3,6-7,11,18H,4-5,8-9H2,1-2H3,(H,17,21). The van der Waals surface area contributed by atoms with Crippen molar-refractivity contribution < 1.29 is 24.0 Å². The van der Waals surface area contributed by atoms with Gasteiger partial charge >= 0.3 is 5.97 Å². The van der Waals surface area contributed by atoms with E-state index in [1.54, 1.807) is 0 Å². The Morgan fingerprint density at radius 2 is 2.04 bits per heavy atom. The van der Waals surface area contributed by atoms with E-state index in [1.807, 2.05) is 0 Å². The summed E-state index contributed by atoms with van der Waals surface area (Å²) in [6, 6.07) is 4.19. The van der Waals surface area contributed by atoms with E-state index in [0.717, 1.165) is 23.8 Å². The van der Waals surface area contributed by atoms with Crippen molar-refractivity contribution in [1.82, 2.24) is 10.2 Å². The van der Waals surface area contributed by atoms with Crippen LogP contribution in [0.25, 0.3) is 0 Å². The number of carbonyl (C=O) groups excluding carboxylic acids is 3. The number of rotatable bonds is 8. The average molecular weight is 364 g/mol. The zero-order chi connectivity index (χ0) is 19.3. The summed E-state index contributed by atoms with van der Waals surface area (Å²) in [4.78, 5) is 46.8. The van der Waals surface area contributed by atoms with E-state index < -0.39 is 23.4 Å². The Morgan fingerprint density at radius 1 is 1.35 bits per heavy atom. The third kappa shape index (κ3) is 5.16. The lowest BCUT2D eigenvalue weighted by Gasteiger charge is -2.16. The first-order valence-corrected chi connectivity index (χ1v) is 7.98. The second-order valence-corrected chi connectivity index (χ2v) is 5.91. The van der Waals surface area contributed by atoms with Gasteiger partial charge in [-0.3, -0.25) is 19.7 Å². The van der Waals surface area contributed by atoms with E-state index in [9.17, 15) is 24.5 Å². The molecule has 0 unspecified atom stereocenters. The van der Waals surface area contributed by atoms with E-state index in [0.29, 0.717) is 5.69 Å². The maximum Gasteiger partial charge on any atom is 0.338 e. The number of hydrogen-bond donors (Lipinski definition) is 2. The van der Waals surface area contributed by atoms with Crippen LogP contribution in [-0.4, -0.2) is 60.9 Å². The molecule has 0 radical (unpaired) electrons. The minimum Gasteiger partial charge on any atom is -0.452 e. The molecule has 0 atom stereocenters. The van der Waals surface area contributed by atoms with Gasteiger partial charge in [-0.1, -0.05) is 0 Å². The molecule has 140 valence electrons. The summed E-state index contributed by atoms with van der Waals surface area (Å²) in [7, 11) is 2.84. The van der Waals surface area contributed by atoms with Gasteiger partial charge in [0.1, 0.15) is 5.69 Å². The maximum atomic E-state index is 12.1. The van der Waals surface area contributed by atoms with Gasteiger partial charge in [0.25, 0.3) is 11.6 Å². The summed E-state index contributed by atoms with van der Waals surface area (Å²) < 4.78 is 4.89. The van der Waals surface area contributed by atoms with Gasteiger partial charge in [-0.25, -0.2) is 4.79 Å². The van der Waals surface area contributed by atoms with Crippen LogP contribution in [0.15, 0.2) is 18.2 Å². The van der Waals surface area contributed by atoms with Gasteiger partial charge < -0.3 is 20.3 Å². The first kappa shape index (κ1) is 19.2. The fourth-order valence-electron chi connectivity index (χ4n) is 2.08. The molecule has 0 saturated heterocycles. The predicted molar refractivity (Wildman–Crippen MR) is 91.7 cm³/mol. The number of likely N-dealkylation sites (N-methyl/N-ethyl adjacent to an activating group) is 2. The molecule has 10 heteroatoms. The molecule has 2 rings (SSSR count). The summed E-state index contributed by atoms with van der Waals surface area (Å²) in [6.07, 6.45) is 1.90. The highest BCUT2D eigenvalue weighted by Gasteiger charge is 2.26. The van der Waals surface area contributed by atoms with E-state index in [-0.39, 0.29) is 29.7 Å². The molecule has 1 aromatic carbocycles. The van der Waals surface area contributed by atoms with Crippen LogP contribution < -0.4 is 10.6 Å². The van der Waals surface area contributed by atoms with Crippen molar-refractivity contribution in [2.24, 2.45) is 0 Å². The first-order valence-electron chi connectivity index (χ1n) is 7.98. The highest BCUT2D eigenvalue weighted by molar-refractivity contribution is 5.93. The predicted octanol–water partition coefficient (Wildman–Crippen LogP) is 0.530. The molecule has 1 aliphatic rings. The summed E-state index contributed by atoms with van der Waals surface area (Å²) in [6.45, 7) is -0.734. The number of nitrogens with one attached hydrogen (secondary N) is 2. The van der Waals surface area contributed by atoms with Crippen molar-refractivity contribution in [3.8, 4) is 0 Å². The van der Waals surface area contributed by atoms with Gasteiger partial charge in [0.05, 0.1) is 17.0 Å². The summed E-state index contributed by atoms with van der Waals surface area (Å²) >= 11 is 0. The molecule has 10 nitrogen and oxygen atoms in total. The number of hydrogen-bond acceptors (Lipinski definition) is 7. The van der Waals surface area contributed by atoms with Crippen molar-refractivity contribution in [1.29, 1.82) is 0 Å². The topological polar surface area (TPSA) is 131 Å². The highest BCUT2D eigenvalue weighted by atomic mass is 16.6. The number of esters is 1. The normalized spacial score (nSPS) is 12.8. The maximum absolute atomic E-state index is 12.1. The van der Waals surface area contributed by atoms with Crippen molar-refractivity contribution in [2.45, 2.75) is 18.9 Å². The Kier molecular flexibility index (Phi) is 6.10. The van der Waals surface area contributed by atoms with Crippen molar-refractivity contribution in [3.63, 3.8) is 0 Å². The molecule has 0 heterocycles. The molecule has 0 aliphatic heterocycles. The van der Waals surface area contributed by atoms with Gasteiger partial charge in [-0.05, 0) is 25.0 Å². The molecule has 26 heavy (non-hydrogen) atoms. The third-order valence-corrected chi connectivity index (χ3v) is 3.78. The third-order valence-electron chi connectivity index (χ3n) is 3.78. The fourth-order valence-corrected chi connectivity index (χ4v) is 2.08. The summed E-state index contributed by atoms with van der Waals surface area (Å²) in [5.74, 6) is -1.78. The number of carbonyl (C=O) groups is 3. The molecule has 1 fully saturated rings. The first-order chi connectivity index (χ1) is 12.3. The molecule has 2 N–H and O–H groups in total. The van der Waals surface area contributed by atoms with E-state index in [2.05, 4.69) is 10.6 Å². The second-order valence-electron chi connectivity index (χ2n) is 5.91. The van der Waals surface area contributed by atoms with Crippen molar-refractivity contribution >= 4 is 29.2 Å². The minimum absolute atomic E-state index is 0.0280. The van der Waals surface area contributed by atoms with Crippen LogP contribution in [0.5, 0.6) is 0 Å². The lowest BCUT2D eigenvalue weighted by molar-refractivity contribution is -0.384. The molecular formula is C16H20N4O6. The van der Waals surface area contributed by atoms with E-state index in [1.165, 1.54) is 26.2 Å². The van der Waals surface area contributed by atoms with Gasteiger partial charge in [-0.2, -0.15) is 0 Å². The van der Waals surface area contributed by atoms with E-state index in [4.69, 9.17) is 4.74 Å². The van der Waals surface area contributed by atoms with Gasteiger partial charge in [0, 0.05) is 26.2 Å². The number of amides is 2. The molecule has 1 saturated carbocycles. The molecule has 0 aromatic heterocycles. The molecular weight excluding hydrogens is 344 g/mol. The molecule has 1 aromatic rings. The number of nitro benzene ring substituents is 1. The highest BCUT2D eigenvalue weighted by Crippen LogP contribution is 2.31. The summed E-state index contributed by atoms with van der Waals surface area (Å²) in [5, 5.41) is 16.6. The Balaban J connectivity index is 1.98. The van der Waals surface area contributed by atoms with Gasteiger partial charge in [0.15, 0.2) is 6.61 Å². The Labute approximate surface area is 149 Å². The van der Waals surface area contributed by atoms with E-state index >= 15 is 0 Å². The second kappa shape index (κ2) is 8.28. The lowest BCUT2D eigenvalue weighted by atomic mass is 10.1. The van der Waals surface area contributed by atoms with Crippen LogP contribution in [0.2, 0.25) is 0 Å². The summed E-state index contributed by atoms with van der Waals surface area (Å²) in [5.41, 5.74) is 0.0876. The van der Waals surface area contributed by atoms with Crippen LogP contribution in [0.4, 0.5) is 11.4 Å². The molecule has 1 aliphatic carbocycles. The van der Waals surface area contributed by atoms with Gasteiger partial charge in [0.2, 0.25) is 5.91 Å². The number of nitrogens with zero attached hydrogens (tertiary/aromatic N) is 2. The van der Waals surface area contributed by atoms with Crippen LogP contribution in [0.3, 0.4) is 0 Å². The molecule has 2 amide bonds. The monoisotopic (exact) mass is 364 g/mol. The SMILES string of the molecule is CNC(=O)CN(C)C(=O)COC(=O)c1ccc(NC2CC2)c([N+](=O)[O-])c1. The van der Waals surface area contributed by atoms with Crippen LogP contribution in [0.1, 0.15) is 23.2 Å². The zero-order valence-corrected chi connectivity index (χ0v) is 14.5. The number of anilines is 1. The van der Waals surface area contributed by atoms with Crippen molar-refractivity contribution in [3.05, 3.63) is 33.9 Å². The smallest absolute Gasteiger partial charge is 0.338 e. The van der Waals surface area contributed by atoms with Crippen LogP contribution in [0, 0.1) is 10.1 Å². The number of ether oxygens (including phenoxy) is 1. The van der Waals surface area contributed by atoms with Crippen molar-refractivity contribution in [2.75, 3.05) is 32.6 Å². The largest absolute Gasteiger partial charge is 0.452 e. The van der Waals surface area contributed by atoms with Gasteiger partial charge in [-0.15, -0.1) is 0 Å². The average Bonchev–Trinajstić information content (AvgIpc) is 3.43. The number of nitro groups is 1. The Morgan fingerprint density at radius 3 is 2.62 bits per heavy atom. The van der Waals surface area contributed by atoms with Crippen LogP contribution in [-0.2, 0) is 14.3 Å². The quantitative estimate of drug-likeness (QED) is 0.391. The molecule has 0 spiro atoms. The lowest BCUT2D eigenvalue weighted by Crippen LogP contribution is -2.39. The molecule has 0 bridgehead atoms. The zero-order valence-electron chi connectivity index (χ0n) is 14.5. The minimum atomic E-state index is -0.854. The van der Waals surface area contributed by atoms with Crippen LogP contribution >= 0.6 is 0 Å². The Bertz CT molecular complexity index is 731. The number of benzene rings is 1.